The molecule has 0 radical (unpaired) electrons. The van der Waals surface area contributed by atoms with E-state index in [2.05, 4.69) is 21.2 Å². The smallest absolute Gasteiger partial charge is 0.327 e. The van der Waals surface area contributed by atoms with Crippen LogP contribution in [0.1, 0.15) is 11.3 Å². The number of amides is 1. The molecule has 1 saturated heterocycles. The number of hydrogen-bond donors (Lipinski definition) is 2. The van der Waals surface area contributed by atoms with E-state index in [9.17, 15) is 14.7 Å². The second-order valence-electron chi connectivity index (χ2n) is 6.54. The van der Waals surface area contributed by atoms with Gasteiger partial charge in [-0.25, -0.2) is 4.79 Å². The van der Waals surface area contributed by atoms with Crippen molar-refractivity contribution in [3.05, 3.63) is 76.1 Å². The molecule has 29 heavy (non-hydrogen) atoms. The first-order valence-electron chi connectivity index (χ1n) is 8.74. The van der Waals surface area contributed by atoms with E-state index < -0.39 is 17.9 Å². The molecule has 3 aromatic rings. The van der Waals surface area contributed by atoms with Gasteiger partial charge in [0, 0.05) is 22.4 Å². The minimum absolute atomic E-state index is 0.0587. The van der Waals surface area contributed by atoms with E-state index in [0.717, 1.165) is 20.3 Å². The number of fused-ring (bicyclic) bond motifs is 1. The molecular formula is C21H15BrN2O4S. The number of carboxylic acid groups (broad SMARTS) is 1. The van der Waals surface area contributed by atoms with Crippen LogP contribution in [0.15, 0.2) is 69.2 Å². The number of benzene rings is 2. The summed E-state index contributed by atoms with van der Waals surface area (Å²) < 4.78 is 6.65. The third kappa shape index (κ3) is 3.94. The maximum Gasteiger partial charge on any atom is 0.327 e. The summed E-state index contributed by atoms with van der Waals surface area (Å²) in [5.74, 6) is -1.16. The molecule has 2 heterocycles. The summed E-state index contributed by atoms with van der Waals surface area (Å²) in [4.78, 5) is 25.9. The van der Waals surface area contributed by atoms with Crippen molar-refractivity contribution in [1.82, 2.24) is 10.2 Å². The van der Waals surface area contributed by atoms with Gasteiger partial charge in [-0.2, -0.15) is 0 Å². The molecule has 6 nitrogen and oxygen atoms in total. The van der Waals surface area contributed by atoms with Gasteiger partial charge in [0.15, 0.2) is 5.11 Å². The highest BCUT2D eigenvalue weighted by molar-refractivity contribution is 9.10. The van der Waals surface area contributed by atoms with Gasteiger partial charge in [-0.1, -0.05) is 46.3 Å². The van der Waals surface area contributed by atoms with Crippen LogP contribution in [0, 0.1) is 0 Å². The zero-order chi connectivity index (χ0) is 20.5. The molecule has 4 rings (SSSR count). The van der Waals surface area contributed by atoms with Crippen LogP contribution in [0.3, 0.4) is 0 Å². The molecule has 1 aliphatic heterocycles. The quantitative estimate of drug-likeness (QED) is 0.433. The first kappa shape index (κ1) is 19.4. The van der Waals surface area contributed by atoms with E-state index in [-0.39, 0.29) is 17.2 Å². The van der Waals surface area contributed by atoms with Crippen LogP contribution >= 0.6 is 28.1 Å². The molecule has 8 heteroatoms. The standard InChI is InChI=1S/C21H15BrN2O4S/c22-14-6-7-18-13(9-14)10-15(28-18)11-16-19(25)24(21(29)23-16)17(20(26)27)8-12-4-2-1-3-5-12/h1-7,9-11,17H,8H2,(H,23,29)(H,26,27). The van der Waals surface area contributed by atoms with Crippen LogP contribution in [0.25, 0.3) is 17.0 Å². The number of thiocarbonyl (C=S) groups is 1. The highest BCUT2D eigenvalue weighted by atomic mass is 79.9. The van der Waals surface area contributed by atoms with Crippen LogP contribution in [-0.2, 0) is 16.0 Å². The van der Waals surface area contributed by atoms with Gasteiger partial charge < -0.3 is 14.8 Å². The second kappa shape index (κ2) is 7.81. The number of carbonyl (C=O) groups excluding carboxylic acids is 1. The predicted molar refractivity (Wildman–Crippen MR) is 116 cm³/mol. The van der Waals surface area contributed by atoms with Crippen LogP contribution in [0.4, 0.5) is 0 Å². The fourth-order valence-electron chi connectivity index (χ4n) is 3.21. The average molecular weight is 471 g/mol. The first-order valence-corrected chi connectivity index (χ1v) is 9.94. The third-order valence-corrected chi connectivity index (χ3v) is 5.35. The molecule has 1 aliphatic rings. The number of rotatable bonds is 5. The molecule has 2 N–H and O–H groups in total. The second-order valence-corrected chi connectivity index (χ2v) is 7.84. The molecule has 0 bridgehead atoms. The Morgan fingerprint density at radius 1 is 1.24 bits per heavy atom. The largest absolute Gasteiger partial charge is 0.480 e. The number of hydrogen-bond acceptors (Lipinski definition) is 4. The fourth-order valence-corrected chi connectivity index (χ4v) is 3.91. The molecule has 1 amide bonds. The highest BCUT2D eigenvalue weighted by Crippen LogP contribution is 2.26. The minimum atomic E-state index is -1.12. The number of aliphatic carboxylic acids is 1. The molecule has 0 aliphatic carbocycles. The van der Waals surface area contributed by atoms with Gasteiger partial charge in [0.25, 0.3) is 5.91 Å². The van der Waals surface area contributed by atoms with E-state index in [0.29, 0.717) is 11.3 Å². The number of carbonyl (C=O) groups is 2. The fraction of sp³-hybridized carbons (Fsp3) is 0.0952. The molecule has 1 unspecified atom stereocenters. The topological polar surface area (TPSA) is 82.8 Å². The van der Waals surface area contributed by atoms with Gasteiger partial charge in [0.1, 0.15) is 23.1 Å². The summed E-state index contributed by atoms with van der Waals surface area (Å²) in [5.41, 5.74) is 1.65. The Bertz CT molecular complexity index is 1160. The van der Waals surface area contributed by atoms with E-state index in [1.54, 1.807) is 6.07 Å². The van der Waals surface area contributed by atoms with E-state index in [1.165, 1.54) is 6.08 Å². The van der Waals surface area contributed by atoms with Crippen LogP contribution in [0.5, 0.6) is 0 Å². The van der Waals surface area contributed by atoms with E-state index in [1.807, 2.05) is 48.5 Å². The predicted octanol–water partition coefficient (Wildman–Crippen LogP) is 3.95. The summed E-state index contributed by atoms with van der Waals surface area (Å²) >= 11 is 8.67. The van der Waals surface area contributed by atoms with Gasteiger partial charge >= 0.3 is 5.97 Å². The van der Waals surface area contributed by atoms with Crippen LogP contribution in [-0.4, -0.2) is 33.0 Å². The maximum absolute atomic E-state index is 12.9. The van der Waals surface area contributed by atoms with Crippen molar-refractivity contribution in [3.8, 4) is 0 Å². The van der Waals surface area contributed by atoms with Gasteiger partial charge in [0.05, 0.1) is 0 Å². The monoisotopic (exact) mass is 470 g/mol. The maximum atomic E-state index is 12.9. The lowest BCUT2D eigenvalue weighted by Gasteiger charge is -2.22. The number of nitrogens with one attached hydrogen (secondary N) is 1. The lowest BCUT2D eigenvalue weighted by Crippen LogP contribution is -2.46. The van der Waals surface area contributed by atoms with E-state index >= 15 is 0 Å². The SMILES string of the molecule is O=C(O)C(Cc1ccccc1)N1C(=O)C(=Cc2cc3cc(Br)ccc3o2)NC1=S. The first-order chi connectivity index (χ1) is 13.9. The summed E-state index contributed by atoms with van der Waals surface area (Å²) in [6.45, 7) is 0. The number of carboxylic acids is 1. The molecule has 0 saturated carbocycles. The van der Waals surface area contributed by atoms with Crippen molar-refractivity contribution in [3.63, 3.8) is 0 Å². The average Bonchev–Trinajstić information content (AvgIpc) is 3.20. The third-order valence-electron chi connectivity index (χ3n) is 4.56. The number of halogens is 1. The Balaban J connectivity index is 1.62. The van der Waals surface area contributed by atoms with Crippen LogP contribution in [0.2, 0.25) is 0 Å². The normalized spacial score (nSPS) is 16.4. The van der Waals surface area contributed by atoms with Crippen LogP contribution < -0.4 is 5.32 Å². The molecule has 0 spiro atoms. The lowest BCUT2D eigenvalue weighted by atomic mass is 10.0. The number of nitrogens with zero attached hydrogens (tertiary/aromatic N) is 1. The molecule has 1 fully saturated rings. The molecule has 2 aromatic carbocycles. The van der Waals surface area contributed by atoms with Gasteiger partial charge in [-0.05, 0) is 42.0 Å². The van der Waals surface area contributed by atoms with Crippen molar-refractivity contribution in [2.75, 3.05) is 0 Å². The molecule has 1 atom stereocenters. The van der Waals surface area contributed by atoms with Gasteiger partial charge in [-0.3, -0.25) is 9.69 Å². The lowest BCUT2D eigenvalue weighted by molar-refractivity contribution is -0.145. The van der Waals surface area contributed by atoms with Crippen molar-refractivity contribution in [1.29, 1.82) is 0 Å². The van der Waals surface area contributed by atoms with Crippen molar-refractivity contribution in [2.24, 2.45) is 0 Å². The van der Waals surface area contributed by atoms with Crippen molar-refractivity contribution >= 4 is 62.2 Å². The summed E-state index contributed by atoms with van der Waals surface area (Å²) in [6.07, 6.45) is 1.68. The Labute approximate surface area is 179 Å². The molecular weight excluding hydrogens is 456 g/mol. The number of furan rings is 1. The zero-order valence-corrected chi connectivity index (χ0v) is 17.4. The molecule has 146 valence electrons. The Kier molecular flexibility index (Phi) is 5.21. The minimum Gasteiger partial charge on any atom is -0.480 e. The Morgan fingerprint density at radius 2 is 2.00 bits per heavy atom. The summed E-state index contributed by atoms with van der Waals surface area (Å²) in [5, 5.41) is 13.5. The Hall–Kier alpha value is -2.97. The Morgan fingerprint density at radius 3 is 2.72 bits per heavy atom. The van der Waals surface area contributed by atoms with E-state index in [4.69, 9.17) is 16.6 Å². The zero-order valence-electron chi connectivity index (χ0n) is 15.0. The molecule has 1 aromatic heterocycles. The highest BCUT2D eigenvalue weighted by Gasteiger charge is 2.39. The summed E-state index contributed by atoms with van der Waals surface area (Å²) in [7, 11) is 0. The van der Waals surface area contributed by atoms with Gasteiger partial charge in [-0.15, -0.1) is 0 Å². The van der Waals surface area contributed by atoms with Gasteiger partial charge in [0.2, 0.25) is 0 Å². The van der Waals surface area contributed by atoms with Crippen molar-refractivity contribution in [2.45, 2.75) is 12.5 Å². The van der Waals surface area contributed by atoms with Crippen molar-refractivity contribution < 1.29 is 19.1 Å². The summed E-state index contributed by atoms with van der Waals surface area (Å²) in [6, 6.07) is 15.4.